The van der Waals surface area contributed by atoms with Crippen LogP contribution in [-0.2, 0) is 0 Å². The Morgan fingerprint density at radius 2 is 1.96 bits per heavy atom. The summed E-state index contributed by atoms with van der Waals surface area (Å²) in [7, 11) is 3.22. The van der Waals surface area contributed by atoms with Crippen LogP contribution < -0.4 is 20.1 Å². The van der Waals surface area contributed by atoms with Gasteiger partial charge in [0.05, 0.1) is 31.8 Å². The Kier molecular flexibility index (Phi) is 6.62. The number of pyridine rings is 1. The Bertz CT molecular complexity index is 700. The number of aromatic nitrogens is 1. The zero-order valence-corrected chi connectivity index (χ0v) is 15.1. The van der Waals surface area contributed by atoms with Gasteiger partial charge in [0.15, 0.2) is 0 Å². The maximum atomic E-state index is 12.0. The van der Waals surface area contributed by atoms with Gasteiger partial charge in [-0.2, -0.15) is 0 Å². The van der Waals surface area contributed by atoms with Crippen LogP contribution in [0.25, 0.3) is 0 Å². The molecule has 0 saturated carbocycles. The van der Waals surface area contributed by atoms with Crippen molar-refractivity contribution >= 4 is 17.3 Å². The SMILES string of the molecule is COc1ccc(OC)c(Nc2ccc(C(=O)NCCC(C)C)nc2)c1. The maximum Gasteiger partial charge on any atom is 0.269 e. The monoisotopic (exact) mass is 343 g/mol. The molecule has 25 heavy (non-hydrogen) atoms. The molecule has 2 aromatic rings. The van der Waals surface area contributed by atoms with Gasteiger partial charge in [0.25, 0.3) is 5.91 Å². The number of rotatable bonds is 8. The molecule has 2 N–H and O–H groups in total. The fraction of sp³-hybridized carbons (Fsp3) is 0.368. The van der Waals surface area contributed by atoms with E-state index in [0.29, 0.717) is 23.9 Å². The number of methoxy groups -OCH3 is 2. The van der Waals surface area contributed by atoms with Crippen molar-refractivity contribution in [1.29, 1.82) is 0 Å². The molecule has 0 fully saturated rings. The zero-order chi connectivity index (χ0) is 18.2. The Hall–Kier alpha value is -2.76. The van der Waals surface area contributed by atoms with Crippen molar-refractivity contribution in [1.82, 2.24) is 10.3 Å². The van der Waals surface area contributed by atoms with Gasteiger partial charge in [-0.1, -0.05) is 13.8 Å². The quantitative estimate of drug-likeness (QED) is 0.766. The van der Waals surface area contributed by atoms with E-state index in [1.807, 2.05) is 24.3 Å². The largest absolute Gasteiger partial charge is 0.497 e. The molecule has 134 valence electrons. The minimum Gasteiger partial charge on any atom is -0.497 e. The average molecular weight is 343 g/mol. The van der Waals surface area contributed by atoms with E-state index in [2.05, 4.69) is 29.5 Å². The summed E-state index contributed by atoms with van der Waals surface area (Å²) in [6.45, 7) is 4.90. The van der Waals surface area contributed by atoms with Crippen molar-refractivity contribution in [2.45, 2.75) is 20.3 Å². The van der Waals surface area contributed by atoms with Crippen LogP contribution in [0.4, 0.5) is 11.4 Å². The van der Waals surface area contributed by atoms with Crippen molar-refractivity contribution in [2.24, 2.45) is 5.92 Å². The summed E-state index contributed by atoms with van der Waals surface area (Å²) in [5.74, 6) is 1.80. The van der Waals surface area contributed by atoms with Crippen LogP contribution in [0.3, 0.4) is 0 Å². The fourth-order valence-corrected chi connectivity index (χ4v) is 2.23. The first-order valence-corrected chi connectivity index (χ1v) is 8.26. The third kappa shape index (κ3) is 5.38. The average Bonchev–Trinajstić information content (AvgIpc) is 2.61. The normalized spacial score (nSPS) is 10.4. The first-order chi connectivity index (χ1) is 12.0. The molecule has 0 aliphatic carbocycles. The highest BCUT2D eigenvalue weighted by Gasteiger charge is 2.09. The van der Waals surface area contributed by atoms with Gasteiger partial charge in [0, 0.05) is 12.6 Å². The first kappa shape index (κ1) is 18.6. The van der Waals surface area contributed by atoms with Crippen LogP contribution in [-0.4, -0.2) is 31.7 Å². The number of benzene rings is 1. The maximum absolute atomic E-state index is 12.0. The summed E-state index contributed by atoms with van der Waals surface area (Å²) < 4.78 is 10.6. The van der Waals surface area contributed by atoms with Gasteiger partial charge < -0.3 is 20.1 Å². The van der Waals surface area contributed by atoms with E-state index in [9.17, 15) is 4.79 Å². The summed E-state index contributed by atoms with van der Waals surface area (Å²) in [4.78, 5) is 16.3. The van der Waals surface area contributed by atoms with Gasteiger partial charge >= 0.3 is 0 Å². The topological polar surface area (TPSA) is 72.5 Å². The lowest BCUT2D eigenvalue weighted by Gasteiger charge is -2.13. The van der Waals surface area contributed by atoms with E-state index >= 15 is 0 Å². The van der Waals surface area contributed by atoms with E-state index in [4.69, 9.17) is 9.47 Å². The molecule has 0 bridgehead atoms. The molecule has 0 spiro atoms. The van der Waals surface area contributed by atoms with Crippen LogP contribution in [0, 0.1) is 5.92 Å². The number of nitrogens with one attached hydrogen (secondary N) is 2. The third-order valence-corrected chi connectivity index (χ3v) is 3.69. The molecule has 2 rings (SSSR count). The molecule has 0 unspecified atom stereocenters. The molecular formula is C19H25N3O3. The molecule has 0 aliphatic rings. The summed E-state index contributed by atoms with van der Waals surface area (Å²) in [5, 5.41) is 6.10. The fourth-order valence-electron chi connectivity index (χ4n) is 2.23. The third-order valence-electron chi connectivity index (χ3n) is 3.69. The highest BCUT2D eigenvalue weighted by Crippen LogP contribution is 2.31. The predicted octanol–water partition coefficient (Wildman–Crippen LogP) is 3.62. The second kappa shape index (κ2) is 8.92. The number of amides is 1. The van der Waals surface area contributed by atoms with Crippen molar-refractivity contribution < 1.29 is 14.3 Å². The number of carbonyl (C=O) groups is 1. The van der Waals surface area contributed by atoms with Gasteiger partial charge in [-0.05, 0) is 36.6 Å². The number of nitrogens with zero attached hydrogens (tertiary/aromatic N) is 1. The second-order valence-electron chi connectivity index (χ2n) is 6.06. The Balaban J connectivity index is 2.04. The molecule has 1 aromatic carbocycles. The summed E-state index contributed by atoms with van der Waals surface area (Å²) in [6.07, 6.45) is 2.57. The van der Waals surface area contributed by atoms with Gasteiger partial charge in [-0.15, -0.1) is 0 Å². The second-order valence-corrected chi connectivity index (χ2v) is 6.06. The number of carbonyl (C=O) groups excluding carboxylic acids is 1. The first-order valence-electron chi connectivity index (χ1n) is 8.26. The molecule has 0 radical (unpaired) electrons. The lowest BCUT2D eigenvalue weighted by molar-refractivity contribution is 0.0947. The highest BCUT2D eigenvalue weighted by molar-refractivity contribution is 5.92. The number of hydrogen-bond acceptors (Lipinski definition) is 5. The lowest BCUT2D eigenvalue weighted by Crippen LogP contribution is -2.26. The van der Waals surface area contributed by atoms with Gasteiger partial charge in [-0.3, -0.25) is 4.79 Å². The highest BCUT2D eigenvalue weighted by atomic mass is 16.5. The van der Waals surface area contributed by atoms with E-state index in [-0.39, 0.29) is 5.91 Å². The lowest BCUT2D eigenvalue weighted by atomic mass is 10.1. The van der Waals surface area contributed by atoms with Crippen molar-refractivity contribution in [3.05, 3.63) is 42.2 Å². The Morgan fingerprint density at radius 3 is 2.56 bits per heavy atom. The van der Waals surface area contributed by atoms with Crippen molar-refractivity contribution in [3.8, 4) is 11.5 Å². The van der Waals surface area contributed by atoms with Gasteiger partial charge in [0.2, 0.25) is 0 Å². The molecule has 0 aliphatic heterocycles. The molecule has 0 saturated heterocycles. The van der Waals surface area contributed by atoms with Crippen molar-refractivity contribution in [2.75, 3.05) is 26.1 Å². The standard InChI is InChI=1S/C19H25N3O3/c1-13(2)9-10-20-19(23)16-7-5-14(12-21-16)22-17-11-15(24-3)6-8-18(17)25-4/h5-8,11-13,22H,9-10H2,1-4H3,(H,20,23). The van der Waals surface area contributed by atoms with Crippen molar-refractivity contribution in [3.63, 3.8) is 0 Å². The zero-order valence-electron chi connectivity index (χ0n) is 15.1. The van der Waals surface area contributed by atoms with Crippen LogP contribution in [0.1, 0.15) is 30.8 Å². The minimum atomic E-state index is -0.161. The minimum absolute atomic E-state index is 0.161. The molecule has 6 heteroatoms. The predicted molar refractivity (Wildman–Crippen MR) is 98.9 cm³/mol. The smallest absolute Gasteiger partial charge is 0.269 e. The number of hydrogen-bond donors (Lipinski definition) is 2. The Labute approximate surface area is 148 Å². The van der Waals surface area contributed by atoms with Gasteiger partial charge in [-0.25, -0.2) is 4.98 Å². The molecule has 1 heterocycles. The van der Waals surface area contributed by atoms with E-state index < -0.39 is 0 Å². The van der Waals surface area contributed by atoms with Crippen LogP contribution >= 0.6 is 0 Å². The van der Waals surface area contributed by atoms with E-state index in [1.165, 1.54) is 0 Å². The van der Waals surface area contributed by atoms with Crippen LogP contribution in [0.15, 0.2) is 36.5 Å². The van der Waals surface area contributed by atoms with E-state index in [0.717, 1.165) is 23.5 Å². The van der Waals surface area contributed by atoms with Gasteiger partial charge in [0.1, 0.15) is 17.2 Å². The number of ether oxygens (including phenoxy) is 2. The number of anilines is 2. The molecule has 0 atom stereocenters. The molecular weight excluding hydrogens is 318 g/mol. The van der Waals surface area contributed by atoms with Crippen LogP contribution in [0.5, 0.6) is 11.5 Å². The Morgan fingerprint density at radius 1 is 1.16 bits per heavy atom. The summed E-state index contributed by atoms with van der Waals surface area (Å²) >= 11 is 0. The summed E-state index contributed by atoms with van der Waals surface area (Å²) in [6, 6.07) is 8.99. The summed E-state index contributed by atoms with van der Waals surface area (Å²) in [5.41, 5.74) is 1.91. The molecule has 6 nitrogen and oxygen atoms in total. The van der Waals surface area contributed by atoms with E-state index in [1.54, 1.807) is 26.5 Å². The molecule has 1 amide bonds. The van der Waals surface area contributed by atoms with Crippen LogP contribution in [0.2, 0.25) is 0 Å². The molecule has 1 aromatic heterocycles.